The second kappa shape index (κ2) is 12.3. The highest BCUT2D eigenvalue weighted by Crippen LogP contribution is 2.39. The lowest BCUT2D eigenvalue weighted by Gasteiger charge is -2.27. The van der Waals surface area contributed by atoms with E-state index < -0.39 is 38.3 Å². The third-order valence-corrected chi connectivity index (χ3v) is 6.05. The predicted octanol–water partition coefficient (Wildman–Crippen LogP) is 4.63. The van der Waals surface area contributed by atoms with Gasteiger partial charge in [-0.1, -0.05) is 24.3 Å². The molecule has 0 heterocycles. The second-order valence-electron chi connectivity index (χ2n) is 8.74. The summed E-state index contributed by atoms with van der Waals surface area (Å²) in [5, 5.41) is 9.50. The quantitative estimate of drug-likeness (QED) is 0.285. The van der Waals surface area contributed by atoms with Crippen LogP contribution in [0.1, 0.15) is 36.0 Å². The molecule has 12 heteroatoms. The number of allylic oxidation sites excluding steroid dienone is 3. The molecular formula is C25H29F3NO7P. The molecule has 8 nitrogen and oxygen atoms in total. The predicted molar refractivity (Wildman–Crippen MR) is 130 cm³/mol. The molecule has 202 valence electrons. The largest absolute Gasteiger partial charge is 0.488 e. The maximum absolute atomic E-state index is 13.8. The van der Waals surface area contributed by atoms with Crippen LogP contribution >= 0.6 is 7.82 Å². The van der Waals surface area contributed by atoms with Crippen molar-refractivity contribution in [3.05, 3.63) is 83.1 Å². The van der Waals surface area contributed by atoms with Crippen molar-refractivity contribution in [3.8, 4) is 11.5 Å². The minimum Gasteiger partial charge on any atom is -0.488 e. The van der Waals surface area contributed by atoms with Gasteiger partial charge < -0.3 is 30.1 Å². The maximum Gasteiger partial charge on any atom is 0.469 e. The van der Waals surface area contributed by atoms with E-state index >= 15 is 0 Å². The van der Waals surface area contributed by atoms with Gasteiger partial charge in [-0.15, -0.1) is 0 Å². The van der Waals surface area contributed by atoms with Crippen LogP contribution in [0.4, 0.5) is 13.2 Å². The van der Waals surface area contributed by atoms with Gasteiger partial charge in [-0.05, 0) is 73.2 Å². The summed E-state index contributed by atoms with van der Waals surface area (Å²) in [6.45, 7) is -1.47. The van der Waals surface area contributed by atoms with Gasteiger partial charge in [-0.2, -0.15) is 13.2 Å². The van der Waals surface area contributed by atoms with Gasteiger partial charge in [0.2, 0.25) is 0 Å². The molecule has 2 aromatic rings. The molecule has 1 atom stereocenters. The minimum absolute atomic E-state index is 0.00534. The highest BCUT2D eigenvalue weighted by molar-refractivity contribution is 7.46. The van der Waals surface area contributed by atoms with Crippen LogP contribution in [-0.4, -0.2) is 33.6 Å². The van der Waals surface area contributed by atoms with Crippen molar-refractivity contribution in [3.63, 3.8) is 0 Å². The number of phosphoric acid groups is 1. The number of rotatable bonds is 12. The topological polar surface area (TPSA) is 131 Å². The van der Waals surface area contributed by atoms with E-state index in [1.54, 1.807) is 24.3 Å². The first-order valence-corrected chi connectivity index (χ1v) is 13.0. The summed E-state index contributed by atoms with van der Waals surface area (Å²) in [4.78, 5) is 17.7. The van der Waals surface area contributed by atoms with Crippen molar-refractivity contribution in [2.24, 2.45) is 5.73 Å². The van der Waals surface area contributed by atoms with E-state index in [-0.39, 0.29) is 30.8 Å². The van der Waals surface area contributed by atoms with Crippen LogP contribution in [0.5, 0.6) is 11.5 Å². The summed E-state index contributed by atoms with van der Waals surface area (Å²) >= 11 is 0. The van der Waals surface area contributed by atoms with Crippen LogP contribution in [-0.2, 0) is 28.3 Å². The van der Waals surface area contributed by atoms with Crippen molar-refractivity contribution < 1.29 is 46.6 Å². The van der Waals surface area contributed by atoms with Crippen LogP contribution in [0, 0.1) is 0 Å². The highest BCUT2D eigenvalue weighted by atomic mass is 31.2. The molecule has 0 radical (unpaired) electrons. The number of hydrogen-bond acceptors (Lipinski definition) is 6. The fourth-order valence-electron chi connectivity index (χ4n) is 3.54. The molecule has 0 spiro atoms. The van der Waals surface area contributed by atoms with Gasteiger partial charge in [0.25, 0.3) is 0 Å². The third kappa shape index (κ3) is 9.30. The molecule has 5 N–H and O–H groups in total. The Morgan fingerprint density at radius 3 is 2.49 bits per heavy atom. The second-order valence-corrected chi connectivity index (χ2v) is 9.98. The molecule has 3 rings (SSSR count). The van der Waals surface area contributed by atoms with Gasteiger partial charge in [-0.25, -0.2) is 4.57 Å². The number of alkyl halides is 3. The van der Waals surface area contributed by atoms with Crippen LogP contribution in [0.25, 0.3) is 0 Å². The molecule has 0 aliphatic heterocycles. The van der Waals surface area contributed by atoms with Gasteiger partial charge in [0.1, 0.15) is 23.9 Å². The molecule has 1 unspecified atom stereocenters. The molecule has 0 saturated carbocycles. The van der Waals surface area contributed by atoms with Gasteiger partial charge in [0.15, 0.2) is 0 Å². The lowest BCUT2D eigenvalue weighted by Crippen LogP contribution is -2.48. The Morgan fingerprint density at radius 2 is 1.84 bits per heavy atom. The Bertz CT molecular complexity index is 1180. The van der Waals surface area contributed by atoms with Crippen LogP contribution in [0.2, 0.25) is 0 Å². The highest BCUT2D eigenvalue weighted by Gasteiger charge is 2.35. The van der Waals surface area contributed by atoms with Crippen LogP contribution < -0.4 is 15.2 Å². The Hall–Kier alpha value is -2.66. The molecule has 1 aliphatic rings. The zero-order valence-electron chi connectivity index (χ0n) is 19.9. The Balaban J connectivity index is 1.68. The van der Waals surface area contributed by atoms with Crippen molar-refractivity contribution in [2.75, 3.05) is 13.2 Å². The van der Waals surface area contributed by atoms with Crippen molar-refractivity contribution in [1.29, 1.82) is 0 Å². The molecule has 0 fully saturated rings. The number of hydrogen-bond donors (Lipinski definition) is 4. The number of benzene rings is 2. The maximum atomic E-state index is 13.8. The first-order valence-electron chi connectivity index (χ1n) is 11.4. The summed E-state index contributed by atoms with van der Waals surface area (Å²) in [6.07, 6.45) is 2.85. The van der Waals surface area contributed by atoms with E-state index in [4.69, 9.17) is 25.0 Å². The van der Waals surface area contributed by atoms with E-state index in [1.807, 2.05) is 18.2 Å². The number of aliphatic hydroxyl groups excluding tert-OH is 1. The molecule has 2 aromatic carbocycles. The van der Waals surface area contributed by atoms with E-state index in [0.717, 1.165) is 18.9 Å². The number of halogens is 3. The molecule has 0 bridgehead atoms. The third-order valence-electron chi connectivity index (χ3n) is 5.59. The zero-order valence-corrected chi connectivity index (χ0v) is 20.8. The number of phosphoric ester groups is 1. The van der Waals surface area contributed by atoms with E-state index in [0.29, 0.717) is 17.1 Å². The first kappa shape index (κ1) is 28.9. The minimum atomic E-state index is -4.82. The lowest BCUT2D eigenvalue weighted by molar-refractivity contribution is -0.139. The Morgan fingerprint density at radius 1 is 1.05 bits per heavy atom. The van der Waals surface area contributed by atoms with Gasteiger partial charge in [0.05, 0.1) is 24.3 Å². The van der Waals surface area contributed by atoms with Crippen molar-refractivity contribution >= 4 is 7.82 Å². The number of ether oxygens (including phenoxy) is 2. The number of aryl methyl sites for hydroxylation is 1. The molecule has 37 heavy (non-hydrogen) atoms. The lowest BCUT2D eigenvalue weighted by atomic mass is 9.93. The first-order chi connectivity index (χ1) is 17.4. The van der Waals surface area contributed by atoms with E-state index in [2.05, 4.69) is 4.52 Å². The smallest absolute Gasteiger partial charge is 0.469 e. The number of aliphatic hydroxyl groups is 1. The average molecular weight is 543 g/mol. The SMILES string of the molecule is NC(CO)(CCc1ccc(OCc2cccc(OC3=CCCC=C3)c2)c(C(F)(F)F)c1)COP(=O)(O)O. The summed E-state index contributed by atoms with van der Waals surface area (Å²) in [5.74, 6) is 0.893. The van der Waals surface area contributed by atoms with Gasteiger partial charge in [0, 0.05) is 0 Å². The standard InChI is InChI=1S/C25H29F3NO7P/c26-25(27,28)22-14-18(11-12-24(29,16-30)17-35-37(31,32)33)9-10-23(22)34-15-19-5-4-8-21(13-19)36-20-6-2-1-3-7-20/h2,4-10,13-14,30H,1,3,11-12,15-17,29H2,(H2,31,32,33). The van der Waals surface area contributed by atoms with E-state index in [9.17, 15) is 22.8 Å². The normalized spacial score (nSPS) is 15.7. The molecule has 0 aromatic heterocycles. The van der Waals surface area contributed by atoms with Crippen molar-refractivity contribution in [2.45, 2.75) is 44.0 Å². The molecular weight excluding hydrogens is 514 g/mol. The Labute approximate surface area is 212 Å². The van der Waals surface area contributed by atoms with E-state index in [1.165, 1.54) is 12.1 Å². The van der Waals surface area contributed by atoms with Gasteiger partial charge in [-0.3, -0.25) is 4.52 Å². The summed E-state index contributed by atoms with van der Waals surface area (Å²) < 4.78 is 68.0. The van der Waals surface area contributed by atoms with Crippen molar-refractivity contribution in [1.82, 2.24) is 0 Å². The summed E-state index contributed by atoms with van der Waals surface area (Å²) in [7, 11) is -4.82. The monoisotopic (exact) mass is 543 g/mol. The molecule has 0 saturated heterocycles. The average Bonchev–Trinajstić information content (AvgIpc) is 2.85. The summed E-state index contributed by atoms with van der Waals surface area (Å²) in [5.41, 5.74) is 4.25. The van der Waals surface area contributed by atoms with Gasteiger partial charge >= 0.3 is 14.0 Å². The fraction of sp³-hybridized carbons (Fsp3) is 0.360. The summed E-state index contributed by atoms with van der Waals surface area (Å²) in [6, 6.07) is 10.5. The fourth-order valence-corrected chi connectivity index (χ4v) is 3.97. The molecule has 0 amide bonds. The molecule has 1 aliphatic carbocycles. The Kier molecular flexibility index (Phi) is 9.57. The van der Waals surface area contributed by atoms with Crippen LogP contribution in [0.15, 0.2) is 66.5 Å². The number of nitrogens with two attached hydrogens (primary N) is 1. The zero-order chi connectivity index (χ0) is 27.1. The van der Waals surface area contributed by atoms with Crippen LogP contribution in [0.3, 0.4) is 0 Å².